The van der Waals surface area contributed by atoms with Gasteiger partial charge in [0.25, 0.3) is 5.56 Å². The zero-order valence-electron chi connectivity index (χ0n) is 17.6. The fourth-order valence-corrected chi connectivity index (χ4v) is 4.19. The van der Waals surface area contributed by atoms with Crippen molar-refractivity contribution >= 4 is 28.6 Å². The molecule has 6 heteroatoms. The molecule has 4 rings (SSSR count). The van der Waals surface area contributed by atoms with Gasteiger partial charge in [0.05, 0.1) is 7.11 Å². The van der Waals surface area contributed by atoms with Crippen molar-refractivity contribution in [2.75, 3.05) is 7.11 Å². The van der Waals surface area contributed by atoms with Crippen molar-refractivity contribution in [2.45, 2.75) is 26.3 Å². The second-order valence-electron chi connectivity index (χ2n) is 8.10. The van der Waals surface area contributed by atoms with E-state index in [-0.39, 0.29) is 17.5 Å². The summed E-state index contributed by atoms with van der Waals surface area (Å²) in [7, 11) is 1.42. The standard InChI is InChI=1S/C25H23NO5/c1-14(2)11-19(25(29)30)26-13-16-12-20(31-3)23(27)22-17(15-7-5-4-6-8-15)9-10-18(21(16)22)24(26)28/h4-10,12-14,19H,11H2,1-3H3,(H,29,30)/t19-/m1/s1. The Kier molecular flexibility index (Phi) is 5.23. The maximum atomic E-state index is 13.3. The number of carbonyl (C=O) groups excluding carboxylic acids is 1. The Balaban J connectivity index is 2.07. The van der Waals surface area contributed by atoms with Gasteiger partial charge >= 0.3 is 5.97 Å². The Labute approximate surface area is 179 Å². The van der Waals surface area contributed by atoms with Crippen LogP contribution in [-0.2, 0) is 9.53 Å². The molecule has 0 bridgehead atoms. The van der Waals surface area contributed by atoms with Crippen LogP contribution >= 0.6 is 0 Å². The van der Waals surface area contributed by atoms with Crippen LogP contribution in [0, 0.1) is 5.92 Å². The van der Waals surface area contributed by atoms with Crippen molar-refractivity contribution in [3.63, 3.8) is 0 Å². The molecule has 2 aromatic carbocycles. The van der Waals surface area contributed by atoms with Crippen LogP contribution in [0.15, 0.2) is 59.2 Å². The highest BCUT2D eigenvalue weighted by Crippen LogP contribution is 2.37. The summed E-state index contributed by atoms with van der Waals surface area (Å²) in [5.74, 6) is -1.12. The Bertz CT molecular complexity index is 1280. The molecular formula is C25H23NO5. The number of aliphatic carboxylic acids is 1. The molecular weight excluding hydrogens is 394 g/mol. The van der Waals surface area contributed by atoms with E-state index in [1.54, 1.807) is 18.2 Å². The molecule has 0 saturated carbocycles. The number of carboxylic acids is 1. The lowest BCUT2D eigenvalue weighted by atomic mass is 9.86. The molecule has 158 valence electrons. The van der Waals surface area contributed by atoms with Gasteiger partial charge in [-0.2, -0.15) is 0 Å². The number of pyridine rings is 1. The molecule has 0 unspecified atom stereocenters. The van der Waals surface area contributed by atoms with Crippen LogP contribution in [0.4, 0.5) is 0 Å². The van der Waals surface area contributed by atoms with Crippen molar-refractivity contribution in [3.8, 4) is 11.1 Å². The Morgan fingerprint density at radius 2 is 1.81 bits per heavy atom. The Hall–Kier alpha value is -3.67. The molecule has 1 aromatic heterocycles. The summed E-state index contributed by atoms with van der Waals surface area (Å²) in [5, 5.41) is 10.6. The quantitative estimate of drug-likeness (QED) is 0.637. The molecule has 0 spiro atoms. The third kappa shape index (κ3) is 3.44. The highest BCUT2D eigenvalue weighted by atomic mass is 16.5. The molecule has 1 heterocycles. The number of carboxylic acid groups (broad SMARTS) is 1. The van der Waals surface area contributed by atoms with E-state index in [1.807, 2.05) is 44.2 Å². The van der Waals surface area contributed by atoms with E-state index in [0.29, 0.717) is 33.9 Å². The zero-order chi connectivity index (χ0) is 22.3. The van der Waals surface area contributed by atoms with Gasteiger partial charge in [-0.25, -0.2) is 4.79 Å². The molecule has 1 N–H and O–H groups in total. The topological polar surface area (TPSA) is 85.6 Å². The molecule has 0 saturated heterocycles. The number of ether oxygens (including phenoxy) is 1. The van der Waals surface area contributed by atoms with E-state index in [9.17, 15) is 19.5 Å². The molecule has 1 atom stereocenters. The second-order valence-corrected chi connectivity index (χ2v) is 8.10. The first-order valence-corrected chi connectivity index (χ1v) is 10.1. The number of nitrogens with zero attached hydrogens (tertiary/aromatic N) is 1. The molecule has 0 amide bonds. The summed E-state index contributed by atoms with van der Waals surface area (Å²) >= 11 is 0. The largest absolute Gasteiger partial charge is 0.493 e. The number of allylic oxidation sites excluding steroid dienone is 1. The minimum atomic E-state index is -1.06. The number of benzene rings is 2. The summed E-state index contributed by atoms with van der Waals surface area (Å²) in [6.07, 6.45) is 3.43. The number of ketones is 1. The smallest absolute Gasteiger partial charge is 0.326 e. The van der Waals surface area contributed by atoms with E-state index in [1.165, 1.54) is 17.9 Å². The molecule has 6 nitrogen and oxygen atoms in total. The van der Waals surface area contributed by atoms with Gasteiger partial charge in [0.1, 0.15) is 6.04 Å². The number of hydrogen-bond acceptors (Lipinski definition) is 4. The first-order valence-electron chi connectivity index (χ1n) is 10.1. The van der Waals surface area contributed by atoms with E-state index < -0.39 is 17.6 Å². The molecule has 1 aliphatic rings. The summed E-state index contributed by atoms with van der Waals surface area (Å²) < 4.78 is 6.60. The maximum Gasteiger partial charge on any atom is 0.326 e. The number of Topliss-reactive ketones (excluding diaryl/α,β-unsaturated/α-hetero) is 1. The minimum absolute atomic E-state index is 0.0859. The average molecular weight is 417 g/mol. The summed E-state index contributed by atoms with van der Waals surface area (Å²) in [6.45, 7) is 3.83. The van der Waals surface area contributed by atoms with Gasteiger partial charge in [-0.05, 0) is 35.6 Å². The third-order valence-corrected chi connectivity index (χ3v) is 5.59. The zero-order valence-corrected chi connectivity index (χ0v) is 17.6. The van der Waals surface area contributed by atoms with Gasteiger partial charge in [-0.1, -0.05) is 50.2 Å². The SMILES string of the molecule is COC1=Cc2cn([C@H](CC(C)C)C(=O)O)c(=O)c3ccc(-c4ccccc4)c(c23)C1=O. The fourth-order valence-electron chi connectivity index (χ4n) is 4.19. The molecule has 0 fully saturated rings. The van der Waals surface area contributed by atoms with Crippen LogP contribution in [-0.4, -0.2) is 28.5 Å². The van der Waals surface area contributed by atoms with Crippen molar-refractivity contribution in [2.24, 2.45) is 5.92 Å². The van der Waals surface area contributed by atoms with Gasteiger partial charge in [-0.3, -0.25) is 9.59 Å². The van der Waals surface area contributed by atoms with Crippen LogP contribution in [0.25, 0.3) is 28.0 Å². The van der Waals surface area contributed by atoms with E-state index >= 15 is 0 Å². The van der Waals surface area contributed by atoms with Crippen LogP contribution in [0.5, 0.6) is 0 Å². The lowest BCUT2D eigenvalue weighted by Crippen LogP contribution is -2.31. The highest BCUT2D eigenvalue weighted by molar-refractivity contribution is 6.25. The van der Waals surface area contributed by atoms with Crippen LogP contribution in [0.3, 0.4) is 0 Å². The molecule has 1 aliphatic carbocycles. The first-order chi connectivity index (χ1) is 14.8. The molecule has 31 heavy (non-hydrogen) atoms. The van der Waals surface area contributed by atoms with Crippen molar-refractivity contribution < 1.29 is 19.4 Å². The molecule has 0 aliphatic heterocycles. The van der Waals surface area contributed by atoms with Crippen molar-refractivity contribution in [1.29, 1.82) is 0 Å². The predicted molar refractivity (Wildman–Crippen MR) is 119 cm³/mol. The van der Waals surface area contributed by atoms with E-state index in [2.05, 4.69) is 0 Å². The van der Waals surface area contributed by atoms with Crippen LogP contribution < -0.4 is 5.56 Å². The van der Waals surface area contributed by atoms with Gasteiger partial charge in [0.15, 0.2) is 5.76 Å². The number of carbonyl (C=O) groups is 2. The van der Waals surface area contributed by atoms with Gasteiger partial charge in [-0.15, -0.1) is 0 Å². The van der Waals surface area contributed by atoms with E-state index in [4.69, 9.17) is 4.74 Å². The molecule has 3 aromatic rings. The molecule has 0 radical (unpaired) electrons. The predicted octanol–water partition coefficient (Wildman–Crippen LogP) is 4.52. The number of hydrogen-bond donors (Lipinski definition) is 1. The first kappa shape index (κ1) is 20.6. The monoisotopic (exact) mass is 417 g/mol. The Morgan fingerprint density at radius 3 is 2.42 bits per heavy atom. The van der Waals surface area contributed by atoms with Crippen molar-refractivity contribution in [1.82, 2.24) is 4.57 Å². The number of methoxy groups -OCH3 is 1. The Morgan fingerprint density at radius 1 is 1.10 bits per heavy atom. The number of aromatic nitrogens is 1. The average Bonchev–Trinajstić information content (AvgIpc) is 2.76. The summed E-state index contributed by atoms with van der Waals surface area (Å²) in [4.78, 5) is 38.5. The van der Waals surface area contributed by atoms with Gasteiger partial charge in [0.2, 0.25) is 5.78 Å². The minimum Gasteiger partial charge on any atom is -0.493 e. The highest BCUT2D eigenvalue weighted by Gasteiger charge is 2.30. The second kappa shape index (κ2) is 7.87. The van der Waals surface area contributed by atoms with E-state index in [0.717, 1.165) is 5.56 Å². The normalized spacial score (nSPS) is 13.9. The number of rotatable bonds is 6. The van der Waals surface area contributed by atoms with Crippen molar-refractivity contribution in [3.05, 3.63) is 75.9 Å². The van der Waals surface area contributed by atoms with Gasteiger partial charge in [0, 0.05) is 28.1 Å². The lowest BCUT2D eigenvalue weighted by Gasteiger charge is -2.23. The fraction of sp³-hybridized carbons (Fsp3) is 0.240. The maximum absolute atomic E-state index is 13.3. The van der Waals surface area contributed by atoms with Crippen LogP contribution in [0.2, 0.25) is 0 Å². The van der Waals surface area contributed by atoms with Gasteiger partial charge < -0.3 is 14.4 Å². The van der Waals surface area contributed by atoms with Crippen LogP contribution in [0.1, 0.15) is 42.2 Å². The summed E-state index contributed by atoms with van der Waals surface area (Å²) in [6, 6.07) is 11.9. The lowest BCUT2D eigenvalue weighted by molar-refractivity contribution is -0.141. The summed E-state index contributed by atoms with van der Waals surface area (Å²) in [5.41, 5.74) is 2.13. The third-order valence-electron chi connectivity index (χ3n) is 5.59.